The molecule has 26 heavy (non-hydrogen) atoms. The summed E-state index contributed by atoms with van der Waals surface area (Å²) in [5.74, 6) is 1.10. The lowest BCUT2D eigenvalue weighted by atomic mass is 10.1. The first kappa shape index (κ1) is 15.9. The number of carbonyl (C=O) groups is 1. The molecule has 8 nitrogen and oxygen atoms in total. The van der Waals surface area contributed by atoms with Gasteiger partial charge < -0.3 is 10.3 Å². The topological polar surface area (TPSA) is 101 Å². The van der Waals surface area contributed by atoms with E-state index < -0.39 is 0 Å². The predicted molar refractivity (Wildman–Crippen MR) is 95.9 cm³/mol. The maximum Gasteiger partial charge on any atom is 0.251 e. The highest BCUT2D eigenvalue weighted by Crippen LogP contribution is 2.19. The predicted octanol–water partition coefficient (Wildman–Crippen LogP) is 2.09. The minimum absolute atomic E-state index is 0.199. The van der Waals surface area contributed by atoms with Crippen molar-refractivity contribution in [3.05, 3.63) is 65.6 Å². The summed E-state index contributed by atoms with van der Waals surface area (Å²) in [5, 5.41) is 10.4. The zero-order valence-electron chi connectivity index (χ0n) is 14.4. The largest absolute Gasteiger partial charge is 0.345 e. The molecular formula is C18H17N7O. The van der Waals surface area contributed by atoms with E-state index in [0.29, 0.717) is 17.9 Å². The van der Waals surface area contributed by atoms with Gasteiger partial charge in [-0.15, -0.1) is 10.2 Å². The number of carbonyl (C=O) groups excluding carboxylic acids is 1. The van der Waals surface area contributed by atoms with Crippen molar-refractivity contribution in [3.8, 4) is 5.82 Å². The van der Waals surface area contributed by atoms with Crippen LogP contribution < -0.4 is 5.32 Å². The highest BCUT2D eigenvalue weighted by molar-refractivity contribution is 5.94. The Morgan fingerprint density at radius 1 is 1.19 bits per heavy atom. The van der Waals surface area contributed by atoms with Gasteiger partial charge in [-0.2, -0.15) is 0 Å². The Bertz CT molecular complexity index is 1080. The zero-order valence-corrected chi connectivity index (χ0v) is 14.4. The molecule has 3 aromatic heterocycles. The molecule has 2 N–H and O–H groups in total. The summed E-state index contributed by atoms with van der Waals surface area (Å²) < 4.78 is 1.64. The highest BCUT2D eigenvalue weighted by Gasteiger charge is 2.11. The Morgan fingerprint density at radius 2 is 2.00 bits per heavy atom. The summed E-state index contributed by atoms with van der Waals surface area (Å²) in [4.78, 5) is 24.5. The van der Waals surface area contributed by atoms with E-state index in [2.05, 4.69) is 43.5 Å². The molecule has 1 amide bonds. The van der Waals surface area contributed by atoms with Gasteiger partial charge in [-0.1, -0.05) is 6.07 Å². The van der Waals surface area contributed by atoms with Crippen molar-refractivity contribution in [2.24, 2.45) is 0 Å². The van der Waals surface area contributed by atoms with Gasteiger partial charge in [0.05, 0.1) is 17.6 Å². The van der Waals surface area contributed by atoms with Gasteiger partial charge in [0.1, 0.15) is 24.3 Å². The Balaban J connectivity index is 1.51. The van der Waals surface area contributed by atoms with Crippen LogP contribution in [0.2, 0.25) is 0 Å². The third kappa shape index (κ3) is 2.92. The van der Waals surface area contributed by atoms with E-state index in [1.165, 1.54) is 18.2 Å². The number of pyridine rings is 1. The summed E-state index contributed by atoms with van der Waals surface area (Å²) in [6.45, 7) is 4.42. The van der Waals surface area contributed by atoms with Crippen LogP contribution in [0, 0.1) is 13.8 Å². The number of aromatic nitrogens is 6. The lowest BCUT2D eigenvalue weighted by Gasteiger charge is -2.05. The van der Waals surface area contributed by atoms with Gasteiger partial charge in [-0.25, -0.2) is 9.97 Å². The fraction of sp³-hybridized carbons (Fsp3) is 0.167. The summed E-state index contributed by atoms with van der Waals surface area (Å²) in [5.41, 5.74) is 4.75. The molecule has 0 aliphatic carbocycles. The van der Waals surface area contributed by atoms with Crippen LogP contribution in [0.3, 0.4) is 0 Å². The molecule has 0 unspecified atom stereocenters. The number of nitrogens with one attached hydrogen (secondary N) is 2. The molecule has 4 aromatic rings. The third-order valence-corrected chi connectivity index (χ3v) is 4.33. The van der Waals surface area contributed by atoms with E-state index >= 15 is 0 Å². The SMILES string of the molecule is Cc1ccc2[nH]c(CNC(=O)c3ccnc(-n4cnnc4)c3)nc2c1C. The fourth-order valence-electron chi connectivity index (χ4n) is 2.73. The molecule has 0 radical (unpaired) electrons. The summed E-state index contributed by atoms with van der Waals surface area (Å²) >= 11 is 0. The normalized spacial score (nSPS) is 11.0. The molecule has 8 heteroatoms. The van der Waals surface area contributed by atoms with Crippen molar-refractivity contribution in [2.45, 2.75) is 20.4 Å². The quantitative estimate of drug-likeness (QED) is 0.588. The molecule has 0 spiro atoms. The smallest absolute Gasteiger partial charge is 0.251 e. The summed E-state index contributed by atoms with van der Waals surface area (Å²) in [6.07, 6.45) is 4.64. The minimum atomic E-state index is -0.199. The summed E-state index contributed by atoms with van der Waals surface area (Å²) in [6, 6.07) is 7.41. The van der Waals surface area contributed by atoms with Crippen molar-refractivity contribution in [1.82, 2.24) is 35.0 Å². The molecule has 0 saturated carbocycles. The third-order valence-electron chi connectivity index (χ3n) is 4.33. The van der Waals surface area contributed by atoms with Crippen LogP contribution in [-0.4, -0.2) is 35.6 Å². The molecule has 0 fully saturated rings. The van der Waals surface area contributed by atoms with Crippen LogP contribution in [0.4, 0.5) is 0 Å². The minimum Gasteiger partial charge on any atom is -0.345 e. The van der Waals surface area contributed by atoms with E-state index in [1.807, 2.05) is 13.0 Å². The molecule has 3 heterocycles. The fourth-order valence-corrected chi connectivity index (χ4v) is 2.73. The molecule has 0 aliphatic rings. The maximum absolute atomic E-state index is 12.5. The number of benzene rings is 1. The lowest BCUT2D eigenvalue weighted by molar-refractivity contribution is 0.0950. The number of nitrogens with zero attached hydrogens (tertiary/aromatic N) is 5. The van der Waals surface area contributed by atoms with Gasteiger partial charge in [0, 0.05) is 11.8 Å². The van der Waals surface area contributed by atoms with Crippen LogP contribution in [0.1, 0.15) is 27.3 Å². The van der Waals surface area contributed by atoms with E-state index in [4.69, 9.17) is 0 Å². The molecular weight excluding hydrogens is 330 g/mol. The standard InChI is InChI=1S/C18H17N7O/c1-11-3-4-14-17(12(11)2)24-15(23-14)8-20-18(26)13-5-6-19-16(7-13)25-9-21-22-10-25/h3-7,9-10H,8H2,1-2H3,(H,20,26)(H,23,24). The van der Waals surface area contributed by atoms with Crippen LogP contribution in [-0.2, 0) is 6.54 Å². The number of hydrogen-bond donors (Lipinski definition) is 2. The number of fused-ring (bicyclic) bond motifs is 1. The van der Waals surface area contributed by atoms with Gasteiger partial charge in [0.25, 0.3) is 5.91 Å². The van der Waals surface area contributed by atoms with Crippen LogP contribution in [0.25, 0.3) is 16.9 Å². The second-order valence-electron chi connectivity index (χ2n) is 6.04. The lowest BCUT2D eigenvalue weighted by Crippen LogP contribution is -2.23. The monoisotopic (exact) mass is 347 g/mol. The maximum atomic E-state index is 12.5. The molecule has 1 aromatic carbocycles. The van der Waals surface area contributed by atoms with E-state index in [1.54, 1.807) is 22.9 Å². The number of aromatic amines is 1. The molecule has 0 saturated heterocycles. The van der Waals surface area contributed by atoms with E-state index in [0.717, 1.165) is 22.4 Å². The first-order valence-electron chi connectivity index (χ1n) is 8.16. The Labute approximate surface area is 149 Å². The molecule has 0 aliphatic heterocycles. The first-order chi connectivity index (χ1) is 12.6. The second-order valence-corrected chi connectivity index (χ2v) is 6.04. The Hall–Kier alpha value is -3.55. The molecule has 0 atom stereocenters. The van der Waals surface area contributed by atoms with Gasteiger partial charge in [-0.05, 0) is 43.2 Å². The average molecular weight is 347 g/mol. The van der Waals surface area contributed by atoms with Crippen molar-refractivity contribution in [3.63, 3.8) is 0 Å². The first-order valence-corrected chi connectivity index (χ1v) is 8.16. The Morgan fingerprint density at radius 3 is 2.81 bits per heavy atom. The van der Waals surface area contributed by atoms with Gasteiger partial charge in [0.15, 0.2) is 0 Å². The molecule has 0 bridgehead atoms. The number of hydrogen-bond acceptors (Lipinski definition) is 5. The molecule has 4 rings (SSSR count). The van der Waals surface area contributed by atoms with Crippen molar-refractivity contribution < 1.29 is 4.79 Å². The molecule has 130 valence electrons. The number of aryl methyl sites for hydroxylation is 2. The van der Waals surface area contributed by atoms with Gasteiger partial charge in [0.2, 0.25) is 0 Å². The van der Waals surface area contributed by atoms with Crippen molar-refractivity contribution in [2.75, 3.05) is 0 Å². The van der Waals surface area contributed by atoms with Crippen molar-refractivity contribution in [1.29, 1.82) is 0 Å². The average Bonchev–Trinajstić information content (AvgIpc) is 3.33. The van der Waals surface area contributed by atoms with Gasteiger partial charge in [-0.3, -0.25) is 9.36 Å². The summed E-state index contributed by atoms with van der Waals surface area (Å²) in [7, 11) is 0. The van der Waals surface area contributed by atoms with Crippen LogP contribution >= 0.6 is 0 Å². The highest BCUT2D eigenvalue weighted by atomic mass is 16.1. The van der Waals surface area contributed by atoms with Crippen LogP contribution in [0.15, 0.2) is 43.1 Å². The second kappa shape index (κ2) is 6.40. The van der Waals surface area contributed by atoms with Crippen LogP contribution in [0.5, 0.6) is 0 Å². The number of imidazole rings is 1. The number of amides is 1. The zero-order chi connectivity index (χ0) is 18.1. The van der Waals surface area contributed by atoms with E-state index in [9.17, 15) is 4.79 Å². The Kier molecular flexibility index (Phi) is 3.92. The number of H-pyrrole nitrogens is 1. The van der Waals surface area contributed by atoms with Crippen molar-refractivity contribution >= 4 is 16.9 Å². The van der Waals surface area contributed by atoms with Gasteiger partial charge >= 0.3 is 0 Å². The van der Waals surface area contributed by atoms with E-state index in [-0.39, 0.29) is 5.91 Å². The number of rotatable bonds is 4.